The molecule has 1 aromatic heterocycles. The van der Waals surface area contributed by atoms with Gasteiger partial charge in [0.1, 0.15) is 0 Å². The van der Waals surface area contributed by atoms with Crippen LogP contribution in [0.25, 0.3) is 10.4 Å². The van der Waals surface area contributed by atoms with E-state index in [0.29, 0.717) is 17.8 Å². The van der Waals surface area contributed by atoms with Crippen molar-refractivity contribution in [1.29, 1.82) is 0 Å². The largest absolute Gasteiger partial charge is 0.346 e. The molecule has 1 unspecified atom stereocenters. The number of rotatable bonds is 4. The Hall–Kier alpha value is -2.05. The predicted octanol–water partition coefficient (Wildman–Crippen LogP) is 1.52. The van der Waals surface area contributed by atoms with Crippen LogP contribution in [0.2, 0.25) is 0 Å². The van der Waals surface area contributed by atoms with Crippen molar-refractivity contribution in [2.45, 2.75) is 19.0 Å². The average Bonchev–Trinajstić information content (AvgIpc) is 2.95. The summed E-state index contributed by atoms with van der Waals surface area (Å²) in [5, 5.41) is 6.28. The fourth-order valence-electron chi connectivity index (χ4n) is 1.90. The molecule has 1 aliphatic rings. The Bertz CT molecular complexity index is 549. The molecule has 7 nitrogen and oxygen atoms in total. The lowest BCUT2D eigenvalue weighted by Gasteiger charge is -2.11. The van der Waals surface area contributed by atoms with Gasteiger partial charge in [-0.2, -0.15) is 0 Å². The van der Waals surface area contributed by atoms with Gasteiger partial charge in [0.2, 0.25) is 5.91 Å². The summed E-state index contributed by atoms with van der Waals surface area (Å²) in [4.78, 5) is 29.0. The van der Waals surface area contributed by atoms with Crippen LogP contribution in [0.15, 0.2) is 17.2 Å². The van der Waals surface area contributed by atoms with E-state index in [1.54, 1.807) is 24.1 Å². The fraction of sp³-hybridized carbons (Fsp3) is 0.455. The van der Waals surface area contributed by atoms with Gasteiger partial charge in [0.05, 0.1) is 17.5 Å². The van der Waals surface area contributed by atoms with E-state index < -0.39 is 0 Å². The summed E-state index contributed by atoms with van der Waals surface area (Å²) >= 11 is 1.29. The lowest BCUT2D eigenvalue weighted by molar-refractivity contribution is -0.126. The third-order valence-electron chi connectivity index (χ3n) is 2.85. The number of amides is 2. The standard InChI is InChI=1S/C11H13N5O2S/c1-16-6-7(4-10(16)17)14-11(18)9-3-2-8(19-9)5-13-15-12/h2-3,7H,4-6H2,1H3,(H,14,18). The Labute approximate surface area is 113 Å². The topological polar surface area (TPSA) is 98.2 Å². The van der Waals surface area contributed by atoms with Gasteiger partial charge in [-0.05, 0) is 17.7 Å². The van der Waals surface area contributed by atoms with Gasteiger partial charge in [0.25, 0.3) is 5.91 Å². The zero-order chi connectivity index (χ0) is 13.8. The normalized spacial score (nSPS) is 18.3. The van der Waals surface area contributed by atoms with E-state index >= 15 is 0 Å². The highest BCUT2D eigenvalue weighted by atomic mass is 32.1. The molecule has 0 spiro atoms. The first-order valence-electron chi connectivity index (χ1n) is 5.74. The summed E-state index contributed by atoms with van der Waals surface area (Å²) < 4.78 is 0. The van der Waals surface area contributed by atoms with Crippen LogP contribution in [0.4, 0.5) is 0 Å². The number of likely N-dealkylation sites (N-methyl/N-ethyl adjacent to an activating group) is 1. The molecule has 0 aromatic carbocycles. The molecule has 8 heteroatoms. The summed E-state index contributed by atoms with van der Waals surface area (Å²) in [5.74, 6) is -0.147. The van der Waals surface area contributed by atoms with Crippen molar-refractivity contribution in [2.24, 2.45) is 5.11 Å². The van der Waals surface area contributed by atoms with Crippen molar-refractivity contribution in [1.82, 2.24) is 10.2 Å². The highest BCUT2D eigenvalue weighted by Gasteiger charge is 2.28. The van der Waals surface area contributed by atoms with Crippen LogP contribution in [-0.2, 0) is 11.3 Å². The van der Waals surface area contributed by atoms with Gasteiger partial charge in [-0.1, -0.05) is 5.11 Å². The summed E-state index contributed by atoms with van der Waals surface area (Å²) in [6.45, 7) is 0.792. The number of azide groups is 1. The lowest BCUT2D eigenvalue weighted by atomic mass is 10.2. The molecule has 100 valence electrons. The van der Waals surface area contributed by atoms with Gasteiger partial charge in [-0.3, -0.25) is 9.59 Å². The SMILES string of the molecule is CN1CC(NC(=O)c2ccc(CN=[N+]=[N-])s2)CC1=O. The van der Waals surface area contributed by atoms with Crippen LogP contribution < -0.4 is 5.32 Å². The molecule has 1 fully saturated rings. The maximum atomic E-state index is 12.0. The summed E-state index contributed by atoms with van der Waals surface area (Å²) in [6.07, 6.45) is 0.346. The van der Waals surface area contributed by atoms with E-state index in [1.165, 1.54) is 11.3 Å². The molecule has 0 bridgehead atoms. The summed E-state index contributed by atoms with van der Waals surface area (Å²) in [6, 6.07) is 3.33. The van der Waals surface area contributed by atoms with Crippen LogP contribution in [0.3, 0.4) is 0 Å². The molecule has 2 amide bonds. The minimum absolute atomic E-state index is 0.0422. The van der Waals surface area contributed by atoms with Crippen LogP contribution in [0.1, 0.15) is 21.0 Å². The molecule has 1 atom stereocenters. The van der Waals surface area contributed by atoms with E-state index in [-0.39, 0.29) is 24.4 Å². The van der Waals surface area contributed by atoms with Gasteiger partial charge in [-0.25, -0.2) is 0 Å². The number of carbonyl (C=O) groups excluding carboxylic acids is 2. The van der Waals surface area contributed by atoms with Gasteiger partial charge < -0.3 is 10.2 Å². The Kier molecular flexibility index (Phi) is 4.03. The quantitative estimate of drug-likeness (QED) is 0.513. The van der Waals surface area contributed by atoms with Crippen molar-refractivity contribution in [3.63, 3.8) is 0 Å². The second-order valence-corrected chi connectivity index (χ2v) is 5.47. The smallest absolute Gasteiger partial charge is 0.261 e. The second kappa shape index (κ2) is 5.73. The number of thiophene rings is 1. The minimum atomic E-state index is -0.190. The van der Waals surface area contributed by atoms with E-state index in [2.05, 4.69) is 15.3 Å². The third-order valence-corrected chi connectivity index (χ3v) is 3.92. The first kappa shape index (κ1) is 13.4. The number of likely N-dealkylation sites (tertiary alicyclic amines) is 1. The molecule has 0 saturated carbocycles. The summed E-state index contributed by atoms with van der Waals surface area (Å²) in [5.41, 5.74) is 8.23. The highest BCUT2D eigenvalue weighted by Crippen LogP contribution is 2.18. The second-order valence-electron chi connectivity index (χ2n) is 4.30. The highest BCUT2D eigenvalue weighted by molar-refractivity contribution is 7.14. The maximum absolute atomic E-state index is 12.0. The van der Waals surface area contributed by atoms with Gasteiger partial charge in [0.15, 0.2) is 0 Å². The monoisotopic (exact) mass is 279 g/mol. The van der Waals surface area contributed by atoms with E-state index in [9.17, 15) is 9.59 Å². The first-order valence-corrected chi connectivity index (χ1v) is 6.56. The molecule has 1 aliphatic heterocycles. The van der Waals surface area contributed by atoms with Gasteiger partial charge in [0, 0.05) is 29.8 Å². The molecule has 1 saturated heterocycles. The Morgan fingerprint density at radius 2 is 2.47 bits per heavy atom. The number of hydrogen-bond donors (Lipinski definition) is 1. The van der Waals surface area contributed by atoms with Gasteiger partial charge >= 0.3 is 0 Å². The molecule has 1 N–H and O–H groups in total. The van der Waals surface area contributed by atoms with Crippen LogP contribution in [-0.4, -0.2) is 36.3 Å². The van der Waals surface area contributed by atoms with Crippen LogP contribution in [0, 0.1) is 0 Å². The Morgan fingerprint density at radius 1 is 1.68 bits per heavy atom. The van der Waals surface area contributed by atoms with Crippen molar-refractivity contribution in [2.75, 3.05) is 13.6 Å². The maximum Gasteiger partial charge on any atom is 0.261 e. The number of carbonyl (C=O) groups is 2. The van der Waals surface area contributed by atoms with Gasteiger partial charge in [-0.15, -0.1) is 11.3 Å². The van der Waals surface area contributed by atoms with Crippen molar-refractivity contribution >= 4 is 23.2 Å². The van der Waals surface area contributed by atoms with E-state index in [4.69, 9.17) is 5.53 Å². The number of nitrogens with one attached hydrogen (secondary N) is 1. The minimum Gasteiger partial charge on any atom is -0.346 e. The lowest BCUT2D eigenvalue weighted by Crippen LogP contribution is -2.36. The Morgan fingerprint density at radius 3 is 3.11 bits per heavy atom. The molecule has 2 heterocycles. The molecule has 2 rings (SSSR count). The van der Waals surface area contributed by atoms with Crippen molar-refractivity contribution < 1.29 is 9.59 Å². The average molecular weight is 279 g/mol. The summed E-state index contributed by atoms with van der Waals surface area (Å²) in [7, 11) is 1.72. The molecule has 19 heavy (non-hydrogen) atoms. The molecule has 0 radical (unpaired) electrons. The van der Waals surface area contributed by atoms with Crippen LogP contribution in [0.5, 0.6) is 0 Å². The number of nitrogens with zero attached hydrogens (tertiary/aromatic N) is 4. The number of hydrogen-bond acceptors (Lipinski definition) is 4. The molecular formula is C11H13N5O2S. The molecular weight excluding hydrogens is 266 g/mol. The third kappa shape index (κ3) is 3.24. The zero-order valence-electron chi connectivity index (χ0n) is 10.4. The first-order chi connectivity index (χ1) is 9.10. The zero-order valence-corrected chi connectivity index (χ0v) is 11.2. The van der Waals surface area contributed by atoms with Crippen LogP contribution >= 0.6 is 11.3 Å². The van der Waals surface area contributed by atoms with Crippen molar-refractivity contribution in [3.05, 3.63) is 32.3 Å². The van der Waals surface area contributed by atoms with Crippen molar-refractivity contribution in [3.8, 4) is 0 Å². The molecule has 0 aliphatic carbocycles. The predicted molar refractivity (Wildman–Crippen MR) is 70.7 cm³/mol. The van der Waals surface area contributed by atoms with E-state index in [0.717, 1.165) is 4.88 Å². The fourth-order valence-corrected chi connectivity index (χ4v) is 2.73. The Balaban J connectivity index is 1.94. The molecule has 1 aromatic rings. The van der Waals surface area contributed by atoms with E-state index in [1.807, 2.05) is 0 Å².